The number of nitrogen functional groups attached to an aromatic ring is 1. The summed E-state index contributed by atoms with van der Waals surface area (Å²) in [7, 11) is 0. The van der Waals surface area contributed by atoms with Crippen LogP contribution in [-0.4, -0.2) is 30.7 Å². The summed E-state index contributed by atoms with van der Waals surface area (Å²) in [5.74, 6) is 0. The fourth-order valence-electron chi connectivity index (χ4n) is 1.88. The van der Waals surface area contributed by atoms with Crippen molar-refractivity contribution in [3.8, 4) is 6.07 Å². The number of ether oxygens (including phenoxy) is 1. The summed E-state index contributed by atoms with van der Waals surface area (Å²) < 4.78 is 5.29. The summed E-state index contributed by atoms with van der Waals surface area (Å²) in [6.07, 6.45) is -0.343. The van der Waals surface area contributed by atoms with Crippen LogP contribution in [0.2, 0.25) is 5.02 Å². The standard InChI is InChI=1S/C12H14ClN3O/c13-10-1-2-12(15)9(5-10)7-16-3-4-17-11(6-14)8-16/h1-2,5,11H,3-4,7-8,15H2. The molecule has 1 aliphatic rings. The lowest BCUT2D eigenvalue weighted by atomic mass is 10.1. The highest BCUT2D eigenvalue weighted by Crippen LogP contribution is 2.20. The maximum Gasteiger partial charge on any atom is 0.156 e. The Labute approximate surface area is 106 Å². The van der Waals surface area contributed by atoms with Gasteiger partial charge >= 0.3 is 0 Å². The SMILES string of the molecule is N#CC1CN(Cc2cc(Cl)ccc2N)CCO1. The van der Waals surface area contributed by atoms with Gasteiger partial charge in [-0.05, 0) is 23.8 Å². The van der Waals surface area contributed by atoms with E-state index in [0.717, 1.165) is 17.8 Å². The van der Waals surface area contributed by atoms with Gasteiger partial charge in [-0.1, -0.05) is 11.6 Å². The molecule has 4 nitrogen and oxygen atoms in total. The molecule has 2 N–H and O–H groups in total. The van der Waals surface area contributed by atoms with Gasteiger partial charge in [0.05, 0.1) is 12.7 Å². The number of nitriles is 1. The average molecular weight is 252 g/mol. The molecule has 5 heteroatoms. The quantitative estimate of drug-likeness (QED) is 0.812. The number of hydrogen-bond acceptors (Lipinski definition) is 4. The highest BCUT2D eigenvalue weighted by atomic mass is 35.5. The van der Waals surface area contributed by atoms with E-state index in [9.17, 15) is 0 Å². The summed E-state index contributed by atoms with van der Waals surface area (Å²) >= 11 is 5.94. The lowest BCUT2D eigenvalue weighted by Crippen LogP contribution is -2.41. The Kier molecular flexibility index (Phi) is 3.85. The molecule has 2 rings (SSSR count). The van der Waals surface area contributed by atoms with Gasteiger partial charge in [0.2, 0.25) is 0 Å². The number of rotatable bonds is 2. The molecule has 0 aromatic heterocycles. The first-order chi connectivity index (χ1) is 8.19. The lowest BCUT2D eigenvalue weighted by Gasteiger charge is -2.29. The largest absolute Gasteiger partial charge is 0.398 e. The third kappa shape index (κ3) is 3.10. The molecule has 1 saturated heterocycles. The van der Waals surface area contributed by atoms with Crippen LogP contribution in [0.1, 0.15) is 5.56 Å². The van der Waals surface area contributed by atoms with E-state index in [-0.39, 0.29) is 6.10 Å². The molecule has 1 aliphatic heterocycles. The summed E-state index contributed by atoms with van der Waals surface area (Å²) in [6, 6.07) is 7.57. The van der Waals surface area contributed by atoms with Crippen LogP contribution in [0.3, 0.4) is 0 Å². The molecular formula is C12H14ClN3O. The van der Waals surface area contributed by atoms with Gasteiger partial charge in [0, 0.05) is 30.3 Å². The summed E-state index contributed by atoms with van der Waals surface area (Å²) in [4.78, 5) is 2.15. The first-order valence-corrected chi connectivity index (χ1v) is 5.84. The minimum atomic E-state index is -0.343. The molecule has 0 spiro atoms. The zero-order chi connectivity index (χ0) is 12.3. The van der Waals surface area contributed by atoms with Crippen LogP contribution in [0, 0.1) is 11.3 Å². The molecule has 17 heavy (non-hydrogen) atoms. The van der Waals surface area contributed by atoms with Crippen LogP contribution >= 0.6 is 11.6 Å². The van der Waals surface area contributed by atoms with Gasteiger partial charge in [0.25, 0.3) is 0 Å². The van der Waals surface area contributed by atoms with Crippen LogP contribution in [0.4, 0.5) is 5.69 Å². The minimum absolute atomic E-state index is 0.343. The lowest BCUT2D eigenvalue weighted by molar-refractivity contribution is -0.00262. The van der Waals surface area contributed by atoms with Crippen molar-refractivity contribution in [1.82, 2.24) is 4.90 Å². The second-order valence-corrected chi connectivity index (χ2v) is 4.50. The number of nitrogens with zero attached hydrogens (tertiary/aromatic N) is 2. The van der Waals surface area contributed by atoms with Crippen molar-refractivity contribution in [2.75, 3.05) is 25.4 Å². The predicted molar refractivity (Wildman–Crippen MR) is 66.5 cm³/mol. The Morgan fingerprint density at radius 1 is 1.59 bits per heavy atom. The van der Waals surface area contributed by atoms with Gasteiger partial charge in [0.1, 0.15) is 0 Å². The van der Waals surface area contributed by atoms with E-state index in [1.807, 2.05) is 6.07 Å². The first kappa shape index (κ1) is 12.2. The van der Waals surface area contributed by atoms with Crippen molar-refractivity contribution in [3.05, 3.63) is 28.8 Å². The maximum absolute atomic E-state index is 8.83. The summed E-state index contributed by atoms with van der Waals surface area (Å²) in [6.45, 7) is 2.71. The zero-order valence-electron chi connectivity index (χ0n) is 9.40. The van der Waals surface area contributed by atoms with Gasteiger partial charge in [-0.15, -0.1) is 0 Å². The number of nitrogens with two attached hydrogens (primary N) is 1. The molecule has 1 aromatic rings. The van der Waals surface area contributed by atoms with Crippen LogP contribution in [0.15, 0.2) is 18.2 Å². The average Bonchev–Trinajstić information content (AvgIpc) is 2.34. The monoisotopic (exact) mass is 251 g/mol. The molecule has 1 fully saturated rings. The van der Waals surface area contributed by atoms with Crippen LogP contribution in [0.25, 0.3) is 0 Å². The topological polar surface area (TPSA) is 62.3 Å². The second kappa shape index (κ2) is 5.37. The normalized spacial score (nSPS) is 21.1. The minimum Gasteiger partial charge on any atom is -0.398 e. The van der Waals surface area contributed by atoms with Crippen LogP contribution < -0.4 is 5.73 Å². The van der Waals surface area contributed by atoms with E-state index in [2.05, 4.69) is 11.0 Å². The second-order valence-electron chi connectivity index (χ2n) is 4.07. The van der Waals surface area contributed by atoms with Gasteiger partial charge in [-0.25, -0.2) is 0 Å². The van der Waals surface area contributed by atoms with Crippen LogP contribution in [0.5, 0.6) is 0 Å². The fourth-order valence-corrected chi connectivity index (χ4v) is 2.07. The molecule has 0 bridgehead atoms. The Hall–Kier alpha value is -1.28. The van der Waals surface area contributed by atoms with Gasteiger partial charge < -0.3 is 10.5 Å². The molecule has 0 aliphatic carbocycles. The summed E-state index contributed by atoms with van der Waals surface area (Å²) in [5.41, 5.74) is 7.62. The molecular weight excluding hydrogens is 238 g/mol. The summed E-state index contributed by atoms with van der Waals surface area (Å²) in [5, 5.41) is 9.51. The van der Waals surface area contributed by atoms with Gasteiger partial charge in [0.15, 0.2) is 6.10 Å². The molecule has 1 heterocycles. The highest BCUT2D eigenvalue weighted by Gasteiger charge is 2.20. The van der Waals surface area contributed by atoms with Crippen molar-refractivity contribution in [3.63, 3.8) is 0 Å². The first-order valence-electron chi connectivity index (χ1n) is 5.46. The van der Waals surface area contributed by atoms with Crippen LogP contribution in [-0.2, 0) is 11.3 Å². The van der Waals surface area contributed by atoms with E-state index >= 15 is 0 Å². The van der Waals surface area contributed by atoms with Crippen molar-refractivity contribution >= 4 is 17.3 Å². The molecule has 0 amide bonds. The fraction of sp³-hybridized carbons (Fsp3) is 0.417. The number of anilines is 1. The van der Waals surface area contributed by atoms with E-state index in [1.54, 1.807) is 12.1 Å². The van der Waals surface area contributed by atoms with E-state index in [0.29, 0.717) is 24.7 Å². The zero-order valence-corrected chi connectivity index (χ0v) is 10.2. The number of benzene rings is 1. The van der Waals surface area contributed by atoms with E-state index < -0.39 is 0 Å². The molecule has 1 unspecified atom stereocenters. The molecule has 0 saturated carbocycles. The molecule has 90 valence electrons. The van der Waals surface area contributed by atoms with Crippen molar-refractivity contribution in [2.24, 2.45) is 0 Å². The third-order valence-corrected chi connectivity index (χ3v) is 3.03. The van der Waals surface area contributed by atoms with Crippen molar-refractivity contribution < 1.29 is 4.74 Å². The molecule has 0 radical (unpaired) electrons. The van der Waals surface area contributed by atoms with Gasteiger partial charge in [-0.3, -0.25) is 4.90 Å². The van der Waals surface area contributed by atoms with Crippen molar-refractivity contribution in [1.29, 1.82) is 5.26 Å². The maximum atomic E-state index is 8.83. The number of halogens is 1. The number of hydrogen-bond donors (Lipinski definition) is 1. The van der Waals surface area contributed by atoms with E-state index in [4.69, 9.17) is 27.3 Å². The Bertz CT molecular complexity index is 444. The Balaban J connectivity index is 2.05. The Morgan fingerprint density at radius 2 is 2.41 bits per heavy atom. The molecule has 1 atom stereocenters. The Morgan fingerprint density at radius 3 is 3.18 bits per heavy atom. The highest BCUT2D eigenvalue weighted by molar-refractivity contribution is 6.30. The number of morpholine rings is 1. The third-order valence-electron chi connectivity index (χ3n) is 2.79. The molecule has 1 aromatic carbocycles. The van der Waals surface area contributed by atoms with E-state index in [1.165, 1.54) is 0 Å². The van der Waals surface area contributed by atoms with Gasteiger partial charge in [-0.2, -0.15) is 5.26 Å². The van der Waals surface area contributed by atoms with Crippen molar-refractivity contribution in [2.45, 2.75) is 12.6 Å². The predicted octanol–water partition coefficient (Wildman–Crippen LogP) is 1.65. The smallest absolute Gasteiger partial charge is 0.156 e.